The summed E-state index contributed by atoms with van der Waals surface area (Å²) in [5, 5.41) is 1.69. The number of carbonyl (C=O) groups excluding carboxylic acids is 2. The van der Waals surface area contributed by atoms with E-state index in [-0.39, 0.29) is 18.4 Å². The zero-order chi connectivity index (χ0) is 18.3. The number of hydrogen-bond donors (Lipinski definition) is 0. The standard InChI is InChI=1S/C21H17NO4/c1-25-15-8-6-13(7-9-15)12-22-20(23)17-10-14-4-3-5-19(26-2)16(14)11-18(17)21(22)24/h3-11H,12H2,1-2H3. The number of hydrogen-bond acceptors (Lipinski definition) is 4. The van der Waals surface area contributed by atoms with Gasteiger partial charge in [0.1, 0.15) is 11.5 Å². The number of fused-ring (bicyclic) bond motifs is 2. The van der Waals surface area contributed by atoms with E-state index in [9.17, 15) is 9.59 Å². The third kappa shape index (κ3) is 2.49. The van der Waals surface area contributed by atoms with Gasteiger partial charge in [0.15, 0.2) is 0 Å². The second-order valence-corrected chi connectivity index (χ2v) is 6.12. The molecule has 4 rings (SSSR count). The molecule has 1 aliphatic heterocycles. The van der Waals surface area contributed by atoms with Crippen LogP contribution in [0.25, 0.3) is 10.8 Å². The maximum absolute atomic E-state index is 12.8. The van der Waals surface area contributed by atoms with Crippen LogP contribution in [-0.4, -0.2) is 30.9 Å². The van der Waals surface area contributed by atoms with E-state index in [0.29, 0.717) is 16.9 Å². The predicted octanol–water partition coefficient (Wildman–Crippen LogP) is 3.65. The number of methoxy groups -OCH3 is 2. The highest BCUT2D eigenvalue weighted by Crippen LogP contribution is 2.33. The molecule has 0 fully saturated rings. The van der Waals surface area contributed by atoms with Crippen molar-refractivity contribution >= 4 is 22.6 Å². The molecule has 26 heavy (non-hydrogen) atoms. The molecular weight excluding hydrogens is 330 g/mol. The Morgan fingerprint density at radius 3 is 2.19 bits per heavy atom. The molecule has 0 atom stereocenters. The van der Waals surface area contributed by atoms with Crippen molar-refractivity contribution in [1.82, 2.24) is 4.90 Å². The Labute approximate surface area is 150 Å². The van der Waals surface area contributed by atoms with Crippen LogP contribution in [0.1, 0.15) is 26.3 Å². The first-order valence-electron chi connectivity index (χ1n) is 8.22. The van der Waals surface area contributed by atoms with E-state index < -0.39 is 0 Å². The summed E-state index contributed by atoms with van der Waals surface area (Å²) in [6.45, 7) is 0.226. The normalized spacial score (nSPS) is 13.2. The first-order valence-corrected chi connectivity index (χ1v) is 8.22. The first kappa shape index (κ1) is 16.1. The molecule has 0 aliphatic carbocycles. The molecule has 2 amide bonds. The van der Waals surface area contributed by atoms with Crippen LogP contribution in [0.4, 0.5) is 0 Å². The largest absolute Gasteiger partial charge is 0.497 e. The van der Waals surface area contributed by atoms with Crippen LogP contribution in [0.2, 0.25) is 0 Å². The lowest BCUT2D eigenvalue weighted by Crippen LogP contribution is -2.29. The fourth-order valence-corrected chi connectivity index (χ4v) is 3.27. The second kappa shape index (κ2) is 6.19. The third-order valence-corrected chi connectivity index (χ3v) is 4.65. The molecule has 3 aromatic carbocycles. The fourth-order valence-electron chi connectivity index (χ4n) is 3.27. The summed E-state index contributed by atoms with van der Waals surface area (Å²) in [5.74, 6) is 0.854. The predicted molar refractivity (Wildman–Crippen MR) is 97.7 cm³/mol. The molecule has 130 valence electrons. The van der Waals surface area contributed by atoms with E-state index in [2.05, 4.69) is 0 Å². The Hall–Kier alpha value is -3.34. The van der Waals surface area contributed by atoms with Crippen molar-refractivity contribution in [3.63, 3.8) is 0 Å². The summed E-state index contributed by atoms with van der Waals surface area (Å²) in [5.41, 5.74) is 1.72. The van der Waals surface area contributed by atoms with E-state index in [1.807, 2.05) is 42.5 Å². The van der Waals surface area contributed by atoms with Gasteiger partial charge < -0.3 is 9.47 Å². The molecule has 0 saturated heterocycles. The van der Waals surface area contributed by atoms with Crippen molar-refractivity contribution in [2.45, 2.75) is 6.54 Å². The molecule has 0 saturated carbocycles. The van der Waals surface area contributed by atoms with Crippen LogP contribution in [0.3, 0.4) is 0 Å². The van der Waals surface area contributed by atoms with Crippen LogP contribution < -0.4 is 9.47 Å². The highest BCUT2D eigenvalue weighted by Gasteiger charge is 2.36. The van der Waals surface area contributed by atoms with E-state index in [1.54, 1.807) is 26.4 Å². The van der Waals surface area contributed by atoms with Crippen molar-refractivity contribution in [3.05, 3.63) is 71.3 Å². The van der Waals surface area contributed by atoms with Gasteiger partial charge in [-0.3, -0.25) is 14.5 Å². The van der Waals surface area contributed by atoms with E-state index in [0.717, 1.165) is 22.1 Å². The Kier molecular flexibility index (Phi) is 3.84. The van der Waals surface area contributed by atoms with E-state index in [4.69, 9.17) is 9.47 Å². The van der Waals surface area contributed by atoms with Crippen molar-refractivity contribution in [2.24, 2.45) is 0 Å². The minimum atomic E-state index is -0.284. The number of nitrogens with zero attached hydrogens (tertiary/aromatic N) is 1. The first-order chi connectivity index (χ1) is 12.6. The molecule has 0 aromatic heterocycles. The summed E-state index contributed by atoms with van der Waals surface area (Å²) >= 11 is 0. The highest BCUT2D eigenvalue weighted by molar-refractivity contribution is 6.23. The molecule has 1 heterocycles. The number of ether oxygens (including phenoxy) is 2. The molecule has 1 aliphatic rings. The van der Waals surface area contributed by atoms with Crippen molar-refractivity contribution in [3.8, 4) is 11.5 Å². The Balaban J connectivity index is 1.72. The van der Waals surface area contributed by atoms with Crippen molar-refractivity contribution in [2.75, 3.05) is 14.2 Å². The van der Waals surface area contributed by atoms with Crippen LogP contribution in [-0.2, 0) is 6.54 Å². The quantitative estimate of drug-likeness (QED) is 0.676. The minimum absolute atomic E-state index is 0.226. The van der Waals surface area contributed by atoms with Crippen molar-refractivity contribution < 1.29 is 19.1 Å². The molecule has 0 radical (unpaired) electrons. The van der Waals surface area contributed by atoms with Crippen LogP contribution in [0.15, 0.2) is 54.6 Å². The average molecular weight is 347 g/mol. The summed E-state index contributed by atoms with van der Waals surface area (Å²) in [4.78, 5) is 26.9. The van der Waals surface area contributed by atoms with Gasteiger partial charge in [0.05, 0.1) is 31.9 Å². The third-order valence-electron chi connectivity index (χ3n) is 4.65. The topological polar surface area (TPSA) is 55.8 Å². The molecule has 5 nitrogen and oxygen atoms in total. The lowest BCUT2D eigenvalue weighted by Gasteiger charge is -2.14. The van der Waals surface area contributed by atoms with Gasteiger partial charge in [-0.15, -0.1) is 0 Å². The minimum Gasteiger partial charge on any atom is -0.497 e. The summed E-state index contributed by atoms with van der Waals surface area (Å²) in [7, 11) is 3.18. The maximum atomic E-state index is 12.8. The maximum Gasteiger partial charge on any atom is 0.261 e. The molecule has 0 bridgehead atoms. The Morgan fingerprint density at radius 2 is 1.54 bits per heavy atom. The smallest absolute Gasteiger partial charge is 0.261 e. The van der Waals surface area contributed by atoms with Crippen molar-refractivity contribution in [1.29, 1.82) is 0 Å². The van der Waals surface area contributed by atoms with Gasteiger partial charge in [0.2, 0.25) is 0 Å². The van der Waals surface area contributed by atoms with Crippen LogP contribution in [0, 0.1) is 0 Å². The van der Waals surface area contributed by atoms with Gasteiger partial charge in [-0.2, -0.15) is 0 Å². The number of rotatable bonds is 4. The van der Waals surface area contributed by atoms with Gasteiger partial charge >= 0.3 is 0 Å². The lowest BCUT2D eigenvalue weighted by atomic mass is 10.0. The number of imide groups is 1. The Bertz CT molecular complexity index is 1020. The van der Waals surface area contributed by atoms with Crippen LogP contribution in [0.5, 0.6) is 11.5 Å². The SMILES string of the molecule is COc1ccc(CN2C(=O)c3cc4cccc(OC)c4cc3C2=O)cc1. The van der Waals surface area contributed by atoms with Crippen LogP contribution >= 0.6 is 0 Å². The summed E-state index contributed by atoms with van der Waals surface area (Å²) in [6.07, 6.45) is 0. The van der Waals surface area contributed by atoms with Gasteiger partial charge in [0.25, 0.3) is 11.8 Å². The molecule has 0 N–H and O–H groups in total. The average Bonchev–Trinajstić information content (AvgIpc) is 2.91. The van der Waals surface area contributed by atoms with E-state index in [1.165, 1.54) is 4.90 Å². The molecule has 0 spiro atoms. The molecular formula is C21H17NO4. The number of carbonyl (C=O) groups is 2. The highest BCUT2D eigenvalue weighted by atomic mass is 16.5. The van der Waals surface area contributed by atoms with Gasteiger partial charge in [0, 0.05) is 5.39 Å². The summed E-state index contributed by atoms with van der Waals surface area (Å²) in [6, 6.07) is 16.4. The lowest BCUT2D eigenvalue weighted by molar-refractivity contribution is 0.0642. The molecule has 3 aromatic rings. The number of benzene rings is 3. The van der Waals surface area contributed by atoms with E-state index >= 15 is 0 Å². The monoisotopic (exact) mass is 347 g/mol. The second-order valence-electron chi connectivity index (χ2n) is 6.12. The zero-order valence-corrected chi connectivity index (χ0v) is 14.5. The van der Waals surface area contributed by atoms with Gasteiger partial charge in [-0.1, -0.05) is 24.3 Å². The molecule has 0 unspecified atom stereocenters. The fraction of sp³-hybridized carbons (Fsp3) is 0.143. The Morgan fingerprint density at radius 1 is 0.846 bits per heavy atom. The molecule has 5 heteroatoms. The van der Waals surface area contributed by atoms with Gasteiger partial charge in [-0.25, -0.2) is 0 Å². The summed E-state index contributed by atoms with van der Waals surface area (Å²) < 4.78 is 10.5. The number of amides is 2. The van der Waals surface area contributed by atoms with Gasteiger partial charge in [-0.05, 0) is 41.3 Å². The zero-order valence-electron chi connectivity index (χ0n) is 14.5.